The quantitative estimate of drug-likeness (QED) is 0.254. The normalized spacial score (nSPS) is 13.0. The third-order valence-corrected chi connectivity index (χ3v) is 8.83. The maximum atomic E-state index is 2.53. The van der Waals surface area contributed by atoms with Crippen molar-refractivity contribution in [2.24, 2.45) is 0 Å². The van der Waals surface area contributed by atoms with Crippen LogP contribution in [0.5, 0.6) is 0 Å². The van der Waals surface area contributed by atoms with Gasteiger partial charge in [-0.1, -0.05) is 91.0 Å². The molecule has 2 aliphatic rings. The Hall–Kier alpha value is -4.50. The van der Waals surface area contributed by atoms with E-state index in [0.29, 0.717) is 0 Å². The van der Waals surface area contributed by atoms with Crippen molar-refractivity contribution in [2.75, 3.05) is 11.9 Å². The number of para-hydroxylation sites is 1. The Kier molecular flexibility index (Phi) is 4.40. The number of anilines is 2. The first-order valence-electron chi connectivity index (χ1n) is 13.4. The molecule has 0 fully saturated rings. The first-order chi connectivity index (χ1) is 18.6. The van der Waals surface area contributed by atoms with Crippen LogP contribution in [-0.4, -0.2) is 18.3 Å². The molecule has 2 nitrogen and oxygen atoms in total. The molecule has 0 radical (unpaired) electrons. The fourth-order valence-corrected chi connectivity index (χ4v) is 6.85. The molecule has 0 saturated carbocycles. The molecule has 38 heavy (non-hydrogen) atoms. The number of fused-ring (bicyclic) bond motifs is 4. The van der Waals surface area contributed by atoms with Gasteiger partial charge in [-0.15, -0.1) is 0 Å². The van der Waals surface area contributed by atoms with E-state index in [-0.39, 0.29) is 6.71 Å². The Morgan fingerprint density at radius 2 is 1.21 bits per heavy atom. The highest BCUT2D eigenvalue weighted by Gasteiger charge is 2.41. The summed E-state index contributed by atoms with van der Waals surface area (Å²) in [6.45, 7) is 4.74. The Bertz CT molecular complexity index is 1900. The summed E-state index contributed by atoms with van der Waals surface area (Å²) < 4.78 is 2.53. The van der Waals surface area contributed by atoms with E-state index < -0.39 is 0 Å². The summed E-state index contributed by atoms with van der Waals surface area (Å²) in [7, 11) is 2.23. The molecule has 2 aliphatic heterocycles. The average Bonchev–Trinajstić information content (AvgIpc) is 3.24. The molecule has 0 atom stereocenters. The van der Waals surface area contributed by atoms with E-state index in [0.717, 1.165) is 0 Å². The van der Waals surface area contributed by atoms with Crippen LogP contribution in [0.2, 0.25) is 0 Å². The van der Waals surface area contributed by atoms with Gasteiger partial charge in [-0.05, 0) is 76.3 Å². The second kappa shape index (κ2) is 7.75. The largest absolute Gasteiger partial charge is 0.345 e. The van der Waals surface area contributed by atoms with Gasteiger partial charge >= 0.3 is 0 Å². The monoisotopic (exact) mass is 486 g/mol. The van der Waals surface area contributed by atoms with Crippen LogP contribution >= 0.6 is 0 Å². The minimum absolute atomic E-state index is 0.200. The van der Waals surface area contributed by atoms with Gasteiger partial charge in [0.05, 0.1) is 0 Å². The minimum Gasteiger partial charge on any atom is -0.345 e. The summed E-state index contributed by atoms with van der Waals surface area (Å²) in [6, 6.07) is 40.3. The van der Waals surface area contributed by atoms with E-state index in [1.165, 1.54) is 77.9 Å². The molecule has 0 aliphatic carbocycles. The molecule has 0 spiro atoms. The van der Waals surface area contributed by atoms with E-state index >= 15 is 0 Å². The predicted molar refractivity (Wildman–Crippen MR) is 163 cm³/mol. The van der Waals surface area contributed by atoms with Gasteiger partial charge in [0.1, 0.15) is 0 Å². The lowest BCUT2D eigenvalue weighted by molar-refractivity contribution is 1.04. The fraction of sp³-hybridized carbons (Fsp3) is 0.0857. The molecular formula is C35H27BN2. The maximum absolute atomic E-state index is 2.53. The van der Waals surface area contributed by atoms with Crippen LogP contribution in [0.4, 0.5) is 11.4 Å². The Morgan fingerprint density at radius 3 is 1.95 bits per heavy atom. The lowest BCUT2D eigenvalue weighted by Gasteiger charge is -2.39. The van der Waals surface area contributed by atoms with E-state index in [9.17, 15) is 0 Å². The van der Waals surface area contributed by atoms with Gasteiger partial charge < -0.3 is 9.47 Å². The highest BCUT2D eigenvalue weighted by Crippen LogP contribution is 2.39. The Balaban J connectivity index is 1.48. The second-order valence-corrected chi connectivity index (χ2v) is 10.7. The minimum atomic E-state index is 0.200. The molecule has 6 aromatic rings. The van der Waals surface area contributed by atoms with Crippen LogP contribution in [0.25, 0.3) is 38.8 Å². The number of aromatic nitrogens is 1. The maximum Gasteiger partial charge on any atom is 0.252 e. The number of aryl methyl sites for hydroxylation is 1. The van der Waals surface area contributed by atoms with E-state index in [4.69, 9.17) is 0 Å². The summed E-state index contributed by atoms with van der Waals surface area (Å²) in [6.07, 6.45) is 0. The van der Waals surface area contributed by atoms with Crippen molar-refractivity contribution in [3.05, 3.63) is 120 Å². The van der Waals surface area contributed by atoms with Gasteiger partial charge in [-0.25, -0.2) is 0 Å². The predicted octanol–water partition coefficient (Wildman–Crippen LogP) is 6.49. The molecular weight excluding hydrogens is 459 g/mol. The SMILES string of the molecule is Cc1c(C)n2c3c(cccc13)B1c3ccc(-c4ccccc4)cc3N(C)c3cc(-c4ccccc4)cc-2c31. The zero-order valence-corrected chi connectivity index (χ0v) is 21.9. The second-order valence-electron chi connectivity index (χ2n) is 10.7. The lowest BCUT2D eigenvalue weighted by Crippen LogP contribution is -2.60. The molecule has 5 aromatic carbocycles. The molecule has 0 saturated heterocycles. The summed E-state index contributed by atoms with van der Waals surface area (Å²) in [5, 5.41) is 1.36. The first-order valence-corrected chi connectivity index (χ1v) is 13.4. The van der Waals surface area contributed by atoms with Crippen molar-refractivity contribution >= 4 is 45.4 Å². The van der Waals surface area contributed by atoms with E-state index in [1.54, 1.807) is 0 Å². The van der Waals surface area contributed by atoms with Gasteiger partial charge in [0.2, 0.25) is 0 Å². The van der Waals surface area contributed by atoms with Crippen LogP contribution < -0.4 is 21.3 Å². The molecule has 180 valence electrons. The first kappa shape index (κ1) is 21.6. The molecule has 0 bridgehead atoms. The molecule has 3 heterocycles. The lowest BCUT2D eigenvalue weighted by atomic mass is 9.33. The third kappa shape index (κ3) is 2.79. The molecule has 8 rings (SSSR count). The van der Waals surface area contributed by atoms with Gasteiger partial charge in [-0.3, -0.25) is 0 Å². The zero-order valence-electron chi connectivity index (χ0n) is 21.9. The fourth-order valence-electron chi connectivity index (χ4n) is 6.85. The number of benzene rings is 5. The zero-order chi connectivity index (χ0) is 25.5. The van der Waals surface area contributed by atoms with Crippen molar-refractivity contribution in [3.63, 3.8) is 0 Å². The van der Waals surface area contributed by atoms with Crippen molar-refractivity contribution in [1.82, 2.24) is 4.57 Å². The van der Waals surface area contributed by atoms with Crippen LogP contribution in [0.1, 0.15) is 11.3 Å². The van der Waals surface area contributed by atoms with Crippen LogP contribution in [0.3, 0.4) is 0 Å². The summed E-state index contributed by atoms with van der Waals surface area (Å²) >= 11 is 0. The highest BCUT2D eigenvalue weighted by molar-refractivity contribution is 7.00. The van der Waals surface area contributed by atoms with Gasteiger partial charge in [0.15, 0.2) is 0 Å². The molecule has 1 aromatic heterocycles. The van der Waals surface area contributed by atoms with Crippen LogP contribution in [0.15, 0.2) is 109 Å². The molecule has 0 N–H and O–H groups in total. The van der Waals surface area contributed by atoms with Gasteiger partial charge in [0.25, 0.3) is 6.71 Å². The summed E-state index contributed by atoms with van der Waals surface area (Å²) in [5.41, 5.74) is 17.1. The van der Waals surface area contributed by atoms with Crippen molar-refractivity contribution in [1.29, 1.82) is 0 Å². The van der Waals surface area contributed by atoms with E-state index in [2.05, 4.69) is 140 Å². The van der Waals surface area contributed by atoms with Gasteiger partial charge in [-0.2, -0.15) is 0 Å². The van der Waals surface area contributed by atoms with Crippen molar-refractivity contribution in [3.8, 4) is 27.9 Å². The van der Waals surface area contributed by atoms with Crippen LogP contribution in [-0.2, 0) is 0 Å². The average molecular weight is 486 g/mol. The number of rotatable bonds is 2. The Morgan fingerprint density at radius 1 is 0.553 bits per heavy atom. The molecule has 0 unspecified atom stereocenters. The van der Waals surface area contributed by atoms with E-state index in [1.807, 2.05) is 0 Å². The number of hydrogen-bond donors (Lipinski definition) is 0. The smallest absolute Gasteiger partial charge is 0.252 e. The van der Waals surface area contributed by atoms with Crippen molar-refractivity contribution < 1.29 is 0 Å². The molecule has 0 amide bonds. The molecule has 3 heteroatoms. The summed E-state index contributed by atoms with van der Waals surface area (Å²) in [5.74, 6) is 0. The number of hydrogen-bond acceptors (Lipinski definition) is 1. The summed E-state index contributed by atoms with van der Waals surface area (Å²) in [4.78, 5) is 2.42. The Labute approximate surface area is 223 Å². The standard InChI is InChI=1S/C35H27BN2/c1-22-23(2)38-33-21-27(25-13-8-5-9-14-25)20-32-34(33)36(30-16-10-15-28(22)35(30)38)29-18-17-26(19-31(29)37(32)3)24-11-6-4-7-12-24/h4-21H,1-3H3. The van der Waals surface area contributed by atoms with Crippen LogP contribution in [0, 0.1) is 13.8 Å². The van der Waals surface area contributed by atoms with Gasteiger partial charge in [0, 0.05) is 40.7 Å². The topological polar surface area (TPSA) is 8.17 Å². The third-order valence-electron chi connectivity index (χ3n) is 8.83. The highest BCUT2D eigenvalue weighted by atomic mass is 15.1. The number of nitrogens with zero attached hydrogens (tertiary/aromatic N) is 2. The van der Waals surface area contributed by atoms with Crippen molar-refractivity contribution in [2.45, 2.75) is 13.8 Å².